The molecule has 0 aliphatic heterocycles. The van der Waals surface area contributed by atoms with Crippen LogP contribution in [0.3, 0.4) is 0 Å². The quantitative estimate of drug-likeness (QED) is 0.897. The Balaban J connectivity index is 1.92. The topological polar surface area (TPSA) is 55.6 Å². The smallest absolute Gasteiger partial charge is 0.156 e. The van der Waals surface area contributed by atoms with E-state index >= 15 is 0 Å². The van der Waals surface area contributed by atoms with Crippen LogP contribution in [0.15, 0.2) is 0 Å². The van der Waals surface area contributed by atoms with Gasteiger partial charge in [0.25, 0.3) is 0 Å². The molecule has 2 heterocycles. The zero-order valence-corrected chi connectivity index (χ0v) is 10.8. The van der Waals surface area contributed by atoms with Gasteiger partial charge in [-0.3, -0.25) is 4.68 Å². The zero-order chi connectivity index (χ0) is 12.3. The van der Waals surface area contributed by atoms with Gasteiger partial charge in [0.05, 0.1) is 5.69 Å². The second kappa shape index (κ2) is 3.43. The Kier molecular flexibility index (Phi) is 1.96. The maximum absolute atomic E-state index is 4.73. The summed E-state index contributed by atoms with van der Waals surface area (Å²) in [6, 6.07) is 0.602. The van der Waals surface area contributed by atoms with Crippen LogP contribution in [0, 0.1) is 6.92 Å². The monoisotopic (exact) mass is 243 g/mol. The second-order valence-electron chi connectivity index (χ2n) is 5.53. The second-order valence-corrected chi connectivity index (χ2v) is 5.53. The molecule has 0 bridgehead atoms. The Labute approximate surface area is 106 Å². The van der Waals surface area contributed by atoms with E-state index in [-0.39, 0.29) is 0 Å². The van der Waals surface area contributed by atoms with E-state index in [1.54, 1.807) is 0 Å². The summed E-state index contributed by atoms with van der Waals surface area (Å²) in [5.41, 5.74) is 3.05. The SMILES string of the molecule is Cc1nn(C)c2c(NC3CC3)nc(C3CC3)nc12. The Morgan fingerprint density at radius 3 is 2.61 bits per heavy atom. The molecule has 0 radical (unpaired) electrons. The van der Waals surface area contributed by atoms with Crippen molar-refractivity contribution in [3.05, 3.63) is 11.5 Å². The molecule has 18 heavy (non-hydrogen) atoms. The average Bonchev–Trinajstić information content (AvgIpc) is 3.22. The van der Waals surface area contributed by atoms with E-state index in [9.17, 15) is 0 Å². The Bertz CT molecular complexity index is 622. The minimum Gasteiger partial charge on any atom is -0.365 e. The van der Waals surface area contributed by atoms with Crippen molar-refractivity contribution >= 4 is 16.9 Å². The van der Waals surface area contributed by atoms with Crippen molar-refractivity contribution < 1.29 is 0 Å². The van der Waals surface area contributed by atoms with Crippen LogP contribution in [0.4, 0.5) is 5.82 Å². The third kappa shape index (κ3) is 1.57. The van der Waals surface area contributed by atoms with Crippen LogP contribution < -0.4 is 5.32 Å². The molecule has 2 saturated carbocycles. The molecule has 1 N–H and O–H groups in total. The highest BCUT2D eigenvalue weighted by Crippen LogP contribution is 2.40. The third-order valence-electron chi connectivity index (χ3n) is 3.73. The van der Waals surface area contributed by atoms with Gasteiger partial charge >= 0.3 is 0 Å². The van der Waals surface area contributed by atoms with E-state index in [1.807, 2.05) is 18.7 Å². The van der Waals surface area contributed by atoms with Crippen molar-refractivity contribution in [1.82, 2.24) is 19.7 Å². The predicted molar refractivity (Wildman–Crippen MR) is 69.7 cm³/mol. The van der Waals surface area contributed by atoms with Crippen LogP contribution in [-0.4, -0.2) is 25.8 Å². The van der Waals surface area contributed by atoms with Crippen LogP contribution in [-0.2, 0) is 7.05 Å². The van der Waals surface area contributed by atoms with Crippen LogP contribution >= 0.6 is 0 Å². The van der Waals surface area contributed by atoms with Gasteiger partial charge in [0.15, 0.2) is 5.82 Å². The largest absolute Gasteiger partial charge is 0.365 e. The first kappa shape index (κ1) is 10.3. The normalized spacial score (nSPS) is 19.4. The molecule has 0 saturated heterocycles. The maximum atomic E-state index is 4.73. The molecule has 5 nitrogen and oxygen atoms in total. The molecule has 4 rings (SSSR count). The van der Waals surface area contributed by atoms with E-state index in [1.165, 1.54) is 25.7 Å². The van der Waals surface area contributed by atoms with E-state index < -0.39 is 0 Å². The number of rotatable bonds is 3. The molecule has 2 fully saturated rings. The Morgan fingerprint density at radius 1 is 1.17 bits per heavy atom. The summed E-state index contributed by atoms with van der Waals surface area (Å²) in [6.45, 7) is 2.02. The molecule has 2 aliphatic rings. The summed E-state index contributed by atoms with van der Waals surface area (Å²) in [4.78, 5) is 9.45. The molecule has 0 aromatic carbocycles. The first-order valence-electron chi connectivity index (χ1n) is 6.70. The first-order chi connectivity index (χ1) is 8.72. The molecular formula is C13H17N5. The van der Waals surface area contributed by atoms with Crippen LogP contribution in [0.1, 0.15) is 43.1 Å². The Morgan fingerprint density at radius 2 is 1.94 bits per heavy atom. The summed E-state index contributed by atoms with van der Waals surface area (Å²) < 4.78 is 1.89. The van der Waals surface area contributed by atoms with Gasteiger partial charge in [-0.2, -0.15) is 5.10 Å². The minimum atomic E-state index is 0.578. The number of anilines is 1. The van der Waals surface area contributed by atoms with Crippen LogP contribution in [0.5, 0.6) is 0 Å². The fourth-order valence-corrected chi connectivity index (χ4v) is 2.40. The molecule has 2 aliphatic carbocycles. The van der Waals surface area contributed by atoms with Gasteiger partial charge in [-0.15, -0.1) is 0 Å². The summed E-state index contributed by atoms with van der Waals surface area (Å²) in [5.74, 6) is 2.56. The number of hydrogen-bond donors (Lipinski definition) is 1. The number of nitrogens with one attached hydrogen (secondary N) is 1. The first-order valence-corrected chi connectivity index (χ1v) is 6.70. The number of aromatic nitrogens is 4. The van der Waals surface area contributed by atoms with E-state index in [0.29, 0.717) is 12.0 Å². The fourth-order valence-electron chi connectivity index (χ4n) is 2.40. The number of aryl methyl sites for hydroxylation is 2. The molecule has 2 aromatic rings. The lowest BCUT2D eigenvalue weighted by Crippen LogP contribution is -2.08. The third-order valence-corrected chi connectivity index (χ3v) is 3.73. The van der Waals surface area contributed by atoms with Crippen molar-refractivity contribution in [3.63, 3.8) is 0 Å². The molecule has 2 aromatic heterocycles. The highest BCUT2D eigenvalue weighted by molar-refractivity contribution is 5.87. The maximum Gasteiger partial charge on any atom is 0.156 e. The van der Waals surface area contributed by atoms with Gasteiger partial charge in [-0.25, -0.2) is 9.97 Å². The molecule has 0 amide bonds. The molecule has 0 unspecified atom stereocenters. The lowest BCUT2D eigenvalue weighted by molar-refractivity contribution is 0.781. The summed E-state index contributed by atoms with van der Waals surface area (Å²) >= 11 is 0. The van der Waals surface area contributed by atoms with Crippen LogP contribution in [0.25, 0.3) is 11.0 Å². The number of nitrogens with zero attached hydrogens (tertiary/aromatic N) is 4. The molecule has 0 atom stereocenters. The van der Waals surface area contributed by atoms with Crippen LogP contribution in [0.2, 0.25) is 0 Å². The molecule has 0 spiro atoms. The van der Waals surface area contributed by atoms with Gasteiger partial charge in [0.2, 0.25) is 0 Å². The van der Waals surface area contributed by atoms with Crippen molar-refractivity contribution in [2.24, 2.45) is 7.05 Å². The zero-order valence-electron chi connectivity index (χ0n) is 10.8. The van der Waals surface area contributed by atoms with Gasteiger partial charge in [-0.1, -0.05) is 0 Å². The predicted octanol–water partition coefficient (Wildman–Crippen LogP) is 2.12. The summed E-state index contributed by atoms with van der Waals surface area (Å²) in [6.07, 6.45) is 4.96. The van der Waals surface area contributed by atoms with Crippen molar-refractivity contribution in [3.8, 4) is 0 Å². The highest BCUT2D eigenvalue weighted by Gasteiger charge is 2.30. The average molecular weight is 243 g/mol. The van der Waals surface area contributed by atoms with E-state index in [0.717, 1.165) is 28.4 Å². The molecule has 94 valence electrons. The highest BCUT2D eigenvalue weighted by atomic mass is 15.3. The summed E-state index contributed by atoms with van der Waals surface area (Å²) in [7, 11) is 1.97. The molecule has 5 heteroatoms. The summed E-state index contributed by atoms with van der Waals surface area (Å²) in [5, 5.41) is 8.00. The van der Waals surface area contributed by atoms with E-state index in [4.69, 9.17) is 9.97 Å². The van der Waals surface area contributed by atoms with Gasteiger partial charge in [0.1, 0.15) is 16.9 Å². The van der Waals surface area contributed by atoms with Crippen molar-refractivity contribution in [1.29, 1.82) is 0 Å². The van der Waals surface area contributed by atoms with Gasteiger partial charge in [-0.05, 0) is 32.6 Å². The van der Waals surface area contributed by atoms with Gasteiger partial charge in [0, 0.05) is 19.0 Å². The minimum absolute atomic E-state index is 0.578. The lowest BCUT2D eigenvalue weighted by Gasteiger charge is -2.08. The standard InChI is InChI=1S/C13H17N5/c1-7-10-11(18(2)17-7)13(14-9-5-6-9)16-12(15-10)8-3-4-8/h8-9H,3-6H2,1-2H3,(H,14,15,16). The van der Waals surface area contributed by atoms with E-state index in [2.05, 4.69) is 10.4 Å². The lowest BCUT2D eigenvalue weighted by atomic mass is 10.3. The van der Waals surface area contributed by atoms with Crippen molar-refractivity contribution in [2.75, 3.05) is 5.32 Å². The number of fused-ring (bicyclic) bond motifs is 1. The van der Waals surface area contributed by atoms with Gasteiger partial charge < -0.3 is 5.32 Å². The Hall–Kier alpha value is -1.65. The fraction of sp³-hybridized carbons (Fsp3) is 0.615. The molecular weight excluding hydrogens is 226 g/mol. The van der Waals surface area contributed by atoms with Crippen molar-refractivity contribution in [2.45, 2.75) is 44.6 Å². The number of hydrogen-bond acceptors (Lipinski definition) is 4.